The second-order valence-corrected chi connectivity index (χ2v) is 13.9. The van der Waals surface area contributed by atoms with Gasteiger partial charge in [-0.05, 0) is 57.9 Å². The fourth-order valence-electron chi connectivity index (χ4n) is 6.08. The molecule has 1 saturated carbocycles. The van der Waals surface area contributed by atoms with E-state index < -0.39 is 50.5 Å². The SMILES string of the molecule is CCOc1nc(N)nc2c1ncn2C1OC(COP(=O)(NC(C)C(=O)OC2CCCCC2)Oc2cccc3ccccc23)C(F)C1(C)O. The number of carbonyl (C=O) groups is 1. The van der Waals surface area contributed by atoms with E-state index >= 15 is 4.39 Å². The van der Waals surface area contributed by atoms with E-state index in [4.69, 9.17) is 29.0 Å². The van der Waals surface area contributed by atoms with Crippen molar-refractivity contribution in [2.24, 2.45) is 0 Å². The second kappa shape index (κ2) is 13.9. The zero-order chi connectivity index (χ0) is 34.1. The Balaban J connectivity index is 1.24. The van der Waals surface area contributed by atoms with Crippen molar-refractivity contribution >= 4 is 41.6 Å². The number of nitrogen functional groups attached to an aromatic ring is 1. The molecule has 3 heterocycles. The first-order valence-corrected chi connectivity index (χ1v) is 17.6. The van der Waals surface area contributed by atoms with E-state index in [0.717, 1.165) is 37.5 Å². The highest BCUT2D eigenvalue weighted by molar-refractivity contribution is 7.52. The molecule has 14 nitrogen and oxygen atoms in total. The molecule has 2 aromatic heterocycles. The van der Waals surface area contributed by atoms with Crippen LogP contribution in [0, 0.1) is 0 Å². The number of aliphatic hydroxyl groups is 1. The van der Waals surface area contributed by atoms with Crippen molar-refractivity contribution in [1.82, 2.24) is 24.6 Å². The standard InChI is InChI=1S/C32H40FN6O8P/c1-4-43-28-25-27(36-31(34)37-28)39(18-35-25)30-32(3,41)26(33)24(46-30)17-44-48(42,38-19(2)29(40)45-21-13-6-5-7-14-21)47-23-16-10-12-20-11-8-9-15-22(20)23/h8-12,15-16,18-19,21,24,26,30,41H,4-7,13-14,17H2,1-3H3,(H,38,42)(H2,34,36,37). The number of ether oxygens (including phenoxy) is 3. The Morgan fingerprint density at radius 1 is 1.21 bits per heavy atom. The molecule has 6 rings (SSSR count). The summed E-state index contributed by atoms with van der Waals surface area (Å²) in [6.07, 6.45) is 0.826. The number of alkyl halides is 1. The van der Waals surface area contributed by atoms with Crippen molar-refractivity contribution in [2.45, 2.75) is 89.1 Å². The predicted molar refractivity (Wildman–Crippen MR) is 174 cm³/mol. The summed E-state index contributed by atoms with van der Waals surface area (Å²) in [4.78, 5) is 25.6. The number of nitrogens with one attached hydrogen (secondary N) is 1. The summed E-state index contributed by atoms with van der Waals surface area (Å²) in [5.41, 5.74) is 4.17. The summed E-state index contributed by atoms with van der Waals surface area (Å²) in [6.45, 7) is 4.18. The number of aromatic nitrogens is 4. The number of fused-ring (bicyclic) bond motifs is 2. The topological polar surface area (TPSA) is 182 Å². The maximum absolute atomic E-state index is 16.0. The van der Waals surface area contributed by atoms with Crippen LogP contribution in [0.2, 0.25) is 0 Å². The predicted octanol–water partition coefficient (Wildman–Crippen LogP) is 5.00. The van der Waals surface area contributed by atoms with Crippen LogP contribution in [0.15, 0.2) is 48.8 Å². The number of nitrogens with two attached hydrogens (primary N) is 1. The highest BCUT2D eigenvalue weighted by Crippen LogP contribution is 2.49. The molecule has 48 heavy (non-hydrogen) atoms. The first-order valence-electron chi connectivity index (χ1n) is 16.0. The van der Waals surface area contributed by atoms with Gasteiger partial charge in [0.05, 0.1) is 19.5 Å². The maximum atomic E-state index is 16.0. The molecule has 4 N–H and O–H groups in total. The van der Waals surface area contributed by atoms with Crippen LogP contribution in [-0.2, 0) is 23.4 Å². The summed E-state index contributed by atoms with van der Waals surface area (Å²) in [5.74, 6) is -0.383. The van der Waals surface area contributed by atoms with Gasteiger partial charge >= 0.3 is 13.7 Å². The average molecular weight is 687 g/mol. The molecule has 2 fully saturated rings. The number of rotatable bonds is 12. The minimum Gasteiger partial charge on any atom is -0.476 e. The number of imidazole rings is 1. The number of anilines is 1. The van der Waals surface area contributed by atoms with Crippen LogP contribution >= 0.6 is 7.75 Å². The molecule has 0 amide bonds. The Morgan fingerprint density at radius 3 is 2.73 bits per heavy atom. The van der Waals surface area contributed by atoms with E-state index in [9.17, 15) is 14.5 Å². The summed E-state index contributed by atoms with van der Waals surface area (Å²) in [5, 5.41) is 15.5. The van der Waals surface area contributed by atoms with E-state index in [1.165, 1.54) is 24.7 Å². The van der Waals surface area contributed by atoms with E-state index in [-0.39, 0.29) is 41.5 Å². The molecule has 6 unspecified atom stereocenters. The summed E-state index contributed by atoms with van der Waals surface area (Å²) in [7, 11) is -4.42. The van der Waals surface area contributed by atoms with Crippen molar-refractivity contribution in [1.29, 1.82) is 0 Å². The van der Waals surface area contributed by atoms with Gasteiger partial charge in [0.15, 0.2) is 23.6 Å². The lowest BCUT2D eigenvalue weighted by Gasteiger charge is -2.27. The lowest BCUT2D eigenvalue weighted by Crippen LogP contribution is -2.42. The number of nitrogens with zero attached hydrogens (tertiary/aromatic N) is 4. The van der Waals surface area contributed by atoms with E-state index in [0.29, 0.717) is 5.39 Å². The fourth-order valence-corrected chi connectivity index (χ4v) is 7.60. The number of hydrogen-bond acceptors (Lipinski definition) is 12. The second-order valence-electron chi connectivity index (χ2n) is 12.2. The van der Waals surface area contributed by atoms with Crippen LogP contribution < -0.4 is 20.1 Å². The molecule has 16 heteroatoms. The van der Waals surface area contributed by atoms with Gasteiger partial charge in [-0.2, -0.15) is 15.1 Å². The molecule has 1 aliphatic carbocycles. The highest BCUT2D eigenvalue weighted by Gasteiger charge is 2.55. The Kier molecular flexibility index (Phi) is 9.86. The molecule has 258 valence electrons. The number of halogens is 1. The molecule has 1 aliphatic heterocycles. The monoisotopic (exact) mass is 686 g/mol. The van der Waals surface area contributed by atoms with Crippen LogP contribution in [0.3, 0.4) is 0 Å². The Labute approximate surface area is 276 Å². The number of esters is 1. The molecular weight excluding hydrogens is 646 g/mol. The average Bonchev–Trinajstić information content (AvgIpc) is 3.57. The van der Waals surface area contributed by atoms with Crippen molar-refractivity contribution in [3.63, 3.8) is 0 Å². The van der Waals surface area contributed by atoms with E-state index in [1.54, 1.807) is 31.2 Å². The Morgan fingerprint density at radius 2 is 1.96 bits per heavy atom. The third kappa shape index (κ3) is 6.96. The number of carbonyl (C=O) groups excluding carboxylic acids is 1. The smallest absolute Gasteiger partial charge is 0.459 e. The largest absolute Gasteiger partial charge is 0.476 e. The van der Waals surface area contributed by atoms with Crippen molar-refractivity contribution in [3.8, 4) is 11.6 Å². The molecule has 0 spiro atoms. The maximum Gasteiger partial charge on any atom is 0.459 e. The minimum absolute atomic E-state index is 0.115. The highest BCUT2D eigenvalue weighted by atomic mass is 31.2. The third-order valence-corrected chi connectivity index (χ3v) is 10.2. The van der Waals surface area contributed by atoms with Crippen LogP contribution in [-0.4, -0.2) is 73.8 Å². The molecule has 4 aromatic rings. The minimum atomic E-state index is -4.42. The van der Waals surface area contributed by atoms with Gasteiger partial charge in [-0.25, -0.2) is 13.9 Å². The molecule has 2 aromatic carbocycles. The first-order chi connectivity index (χ1) is 23.0. The lowest BCUT2D eigenvalue weighted by molar-refractivity contribution is -0.152. The number of benzene rings is 2. The van der Waals surface area contributed by atoms with Crippen molar-refractivity contribution < 1.29 is 42.1 Å². The summed E-state index contributed by atoms with van der Waals surface area (Å²) in [6, 6.07) is 11.4. The molecule has 0 bridgehead atoms. The van der Waals surface area contributed by atoms with Gasteiger partial charge in [-0.15, -0.1) is 0 Å². The quantitative estimate of drug-likeness (QED) is 0.134. The van der Waals surface area contributed by atoms with Crippen LogP contribution in [0.1, 0.15) is 59.1 Å². The van der Waals surface area contributed by atoms with Gasteiger partial charge < -0.3 is 29.6 Å². The molecular formula is C32H40FN6O8P. The van der Waals surface area contributed by atoms with Crippen molar-refractivity contribution in [2.75, 3.05) is 18.9 Å². The van der Waals surface area contributed by atoms with Gasteiger partial charge in [-0.1, -0.05) is 42.8 Å². The van der Waals surface area contributed by atoms with Crippen LogP contribution in [0.4, 0.5) is 10.3 Å². The third-order valence-electron chi connectivity index (χ3n) is 8.55. The van der Waals surface area contributed by atoms with Crippen LogP contribution in [0.25, 0.3) is 21.9 Å². The van der Waals surface area contributed by atoms with Gasteiger partial charge in [0.1, 0.15) is 29.6 Å². The summed E-state index contributed by atoms with van der Waals surface area (Å²) >= 11 is 0. The van der Waals surface area contributed by atoms with Crippen LogP contribution in [0.5, 0.6) is 11.6 Å². The molecule has 2 aliphatic rings. The lowest BCUT2D eigenvalue weighted by atomic mass is 9.98. The molecule has 6 atom stereocenters. The molecule has 1 saturated heterocycles. The normalized spacial score (nSPS) is 25.1. The van der Waals surface area contributed by atoms with Gasteiger partial charge in [0.25, 0.3) is 0 Å². The molecule has 0 radical (unpaired) electrons. The van der Waals surface area contributed by atoms with Crippen molar-refractivity contribution in [3.05, 3.63) is 48.8 Å². The zero-order valence-corrected chi connectivity index (χ0v) is 27.8. The van der Waals surface area contributed by atoms with E-state index in [2.05, 4.69) is 20.0 Å². The van der Waals surface area contributed by atoms with Gasteiger partial charge in [-0.3, -0.25) is 13.9 Å². The van der Waals surface area contributed by atoms with Gasteiger partial charge in [0, 0.05) is 5.39 Å². The fraction of sp³-hybridized carbons (Fsp3) is 0.500. The first kappa shape index (κ1) is 34.0. The Hall–Kier alpha value is -3.88. The number of hydrogen-bond donors (Lipinski definition) is 3. The van der Waals surface area contributed by atoms with Gasteiger partial charge in [0.2, 0.25) is 11.8 Å². The summed E-state index contributed by atoms with van der Waals surface area (Å²) < 4.78 is 60.7. The zero-order valence-electron chi connectivity index (χ0n) is 27.0. The van der Waals surface area contributed by atoms with E-state index in [1.807, 2.05) is 18.2 Å². The Bertz CT molecular complexity index is 1810.